The highest BCUT2D eigenvalue weighted by Crippen LogP contribution is 2.37. The van der Waals surface area contributed by atoms with Crippen LogP contribution in [0.5, 0.6) is 0 Å². The minimum atomic E-state index is -0.409. The van der Waals surface area contributed by atoms with Gasteiger partial charge in [-0.15, -0.1) is 0 Å². The fourth-order valence-corrected chi connectivity index (χ4v) is 3.92. The van der Waals surface area contributed by atoms with E-state index >= 15 is 0 Å². The maximum absolute atomic E-state index is 12.8. The number of carbonyl (C=O) groups is 1. The lowest BCUT2D eigenvalue weighted by Crippen LogP contribution is -2.46. The Hall–Kier alpha value is -3.12. The fraction of sp³-hybridized carbons (Fsp3) is 0.292. The number of amides is 2. The van der Waals surface area contributed by atoms with Crippen molar-refractivity contribution in [2.24, 2.45) is 0 Å². The molecule has 0 bridgehead atoms. The Labute approximate surface area is 186 Å². The molecule has 0 fully saturated rings. The van der Waals surface area contributed by atoms with Crippen LogP contribution in [-0.2, 0) is 6.42 Å². The number of allylic oxidation sites excluding steroid dienone is 1. The molecule has 0 aliphatic carbocycles. The Balaban J connectivity index is 1.78. The second-order valence-corrected chi connectivity index (χ2v) is 7.99. The van der Waals surface area contributed by atoms with Crippen molar-refractivity contribution >= 4 is 23.2 Å². The van der Waals surface area contributed by atoms with Gasteiger partial charge in [-0.05, 0) is 43.0 Å². The van der Waals surface area contributed by atoms with Gasteiger partial charge in [-0.3, -0.25) is 4.90 Å². The summed E-state index contributed by atoms with van der Waals surface area (Å²) in [6, 6.07) is 15.0. The zero-order chi connectivity index (χ0) is 22.0. The lowest BCUT2D eigenvalue weighted by molar-refractivity contribution is 0.205. The third-order valence-corrected chi connectivity index (χ3v) is 5.78. The van der Waals surface area contributed by atoms with Crippen molar-refractivity contribution in [1.82, 2.24) is 20.4 Å². The highest BCUT2D eigenvalue weighted by molar-refractivity contribution is 6.30. The van der Waals surface area contributed by atoms with Crippen LogP contribution in [0, 0.1) is 0 Å². The van der Waals surface area contributed by atoms with Gasteiger partial charge in [-0.25, -0.2) is 4.79 Å². The molecule has 1 aliphatic rings. The van der Waals surface area contributed by atoms with Crippen molar-refractivity contribution in [3.05, 3.63) is 76.3 Å². The molecule has 2 heterocycles. The number of urea groups is 1. The number of nitrogens with zero attached hydrogens (tertiary/aromatic N) is 3. The zero-order valence-electron chi connectivity index (χ0n) is 17.9. The second-order valence-electron chi connectivity index (χ2n) is 7.56. The predicted octanol–water partition coefficient (Wildman–Crippen LogP) is 5.86. The normalized spacial score (nSPS) is 16.6. The van der Waals surface area contributed by atoms with E-state index in [9.17, 15) is 4.79 Å². The Morgan fingerprint density at radius 3 is 2.45 bits per heavy atom. The zero-order valence-corrected chi connectivity index (χ0v) is 18.6. The first kappa shape index (κ1) is 21.1. The van der Waals surface area contributed by atoms with E-state index in [1.165, 1.54) is 5.56 Å². The van der Waals surface area contributed by atoms with Gasteiger partial charge in [0.05, 0.1) is 11.6 Å². The number of halogens is 1. The maximum Gasteiger partial charge on any atom is 0.322 e. The third-order valence-electron chi connectivity index (χ3n) is 5.52. The van der Waals surface area contributed by atoms with Gasteiger partial charge in [0.1, 0.15) is 0 Å². The number of aromatic nitrogens is 2. The molecule has 1 atom stereocenters. The maximum atomic E-state index is 12.8. The number of carbonyl (C=O) groups excluding carboxylic acids is 1. The van der Waals surface area contributed by atoms with Crippen LogP contribution in [0.25, 0.3) is 17.0 Å². The largest absolute Gasteiger partial charge is 0.334 e. The second kappa shape index (κ2) is 8.94. The molecule has 31 heavy (non-hydrogen) atoms. The molecule has 160 valence electrons. The van der Waals surface area contributed by atoms with Crippen molar-refractivity contribution in [2.45, 2.75) is 39.7 Å². The van der Waals surface area contributed by atoms with E-state index in [4.69, 9.17) is 16.1 Å². The molecule has 6 nitrogen and oxygen atoms in total. The summed E-state index contributed by atoms with van der Waals surface area (Å²) in [7, 11) is 0. The summed E-state index contributed by atoms with van der Waals surface area (Å²) in [6.07, 6.45) is 1.81. The highest BCUT2D eigenvalue weighted by atomic mass is 35.5. The van der Waals surface area contributed by atoms with Crippen molar-refractivity contribution in [3.63, 3.8) is 0 Å². The molecule has 1 N–H and O–H groups in total. The van der Waals surface area contributed by atoms with Gasteiger partial charge < -0.3 is 9.84 Å². The first-order valence-corrected chi connectivity index (χ1v) is 10.9. The molecule has 1 aliphatic heterocycles. The molecule has 2 amide bonds. The monoisotopic (exact) mass is 436 g/mol. The average molecular weight is 437 g/mol. The fourth-order valence-electron chi connectivity index (χ4n) is 3.80. The summed E-state index contributed by atoms with van der Waals surface area (Å²) in [4.78, 5) is 19.2. The quantitative estimate of drug-likeness (QED) is 0.525. The van der Waals surface area contributed by atoms with Crippen LogP contribution in [0.1, 0.15) is 50.3 Å². The van der Waals surface area contributed by atoms with E-state index in [2.05, 4.69) is 34.5 Å². The number of hydrogen-bond donors (Lipinski definition) is 1. The smallest absolute Gasteiger partial charge is 0.322 e. The summed E-state index contributed by atoms with van der Waals surface area (Å²) >= 11 is 6.07. The van der Waals surface area contributed by atoms with E-state index < -0.39 is 6.04 Å². The number of rotatable bonds is 6. The van der Waals surface area contributed by atoms with E-state index in [0.717, 1.165) is 35.2 Å². The van der Waals surface area contributed by atoms with Gasteiger partial charge in [0.2, 0.25) is 5.82 Å². The predicted molar refractivity (Wildman–Crippen MR) is 121 cm³/mol. The van der Waals surface area contributed by atoms with Gasteiger partial charge in [0, 0.05) is 22.8 Å². The first-order valence-electron chi connectivity index (χ1n) is 10.5. The molecular formula is C24H25ClN4O2. The Kier molecular flexibility index (Phi) is 6.09. The number of benzene rings is 2. The van der Waals surface area contributed by atoms with Gasteiger partial charge in [-0.1, -0.05) is 67.0 Å². The Bertz CT molecular complexity index is 1100. The van der Waals surface area contributed by atoms with Gasteiger partial charge in [0.15, 0.2) is 0 Å². The minimum Gasteiger partial charge on any atom is -0.334 e. The van der Waals surface area contributed by atoms with Crippen molar-refractivity contribution in [3.8, 4) is 11.4 Å². The van der Waals surface area contributed by atoms with Crippen LogP contribution in [0.15, 0.2) is 58.8 Å². The van der Waals surface area contributed by atoms with Crippen LogP contribution >= 0.6 is 11.6 Å². The van der Waals surface area contributed by atoms with Crippen LogP contribution in [0.2, 0.25) is 5.02 Å². The van der Waals surface area contributed by atoms with Crippen LogP contribution in [-0.4, -0.2) is 27.6 Å². The van der Waals surface area contributed by atoms with Crippen molar-refractivity contribution in [1.29, 1.82) is 0 Å². The van der Waals surface area contributed by atoms with Crippen LogP contribution < -0.4 is 5.32 Å². The lowest BCUT2D eigenvalue weighted by Gasteiger charge is -2.35. The van der Waals surface area contributed by atoms with Crippen molar-refractivity contribution in [2.75, 3.05) is 6.54 Å². The molecule has 0 saturated heterocycles. The SMILES string of the molecule is CCCN1C(=O)NC(c2ccc(Cl)cc2)C(c2nc(-c3ccc(CC)cc3)no2)=C1C. The Morgan fingerprint density at radius 2 is 1.81 bits per heavy atom. The van der Waals surface area contributed by atoms with Crippen LogP contribution in [0.3, 0.4) is 0 Å². The van der Waals surface area contributed by atoms with Crippen molar-refractivity contribution < 1.29 is 9.32 Å². The summed E-state index contributed by atoms with van der Waals surface area (Å²) in [6.45, 7) is 6.68. The van der Waals surface area contributed by atoms with E-state index in [-0.39, 0.29) is 6.03 Å². The lowest BCUT2D eigenvalue weighted by atomic mass is 9.94. The summed E-state index contributed by atoms with van der Waals surface area (Å²) in [5.41, 5.74) is 4.63. The molecule has 0 spiro atoms. The van der Waals surface area contributed by atoms with E-state index in [1.54, 1.807) is 4.90 Å². The summed E-state index contributed by atoms with van der Waals surface area (Å²) < 4.78 is 5.70. The topological polar surface area (TPSA) is 71.3 Å². The molecule has 2 aromatic carbocycles. The molecular weight excluding hydrogens is 412 g/mol. The summed E-state index contributed by atoms with van der Waals surface area (Å²) in [5, 5.41) is 7.94. The molecule has 4 rings (SSSR count). The van der Waals surface area contributed by atoms with E-state index in [1.807, 2.05) is 50.2 Å². The molecule has 3 aromatic rings. The molecule has 1 aromatic heterocycles. The highest BCUT2D eigenvalue weighted by Gasteiger charge is 2.35. The van der Waals surface area contributed by atoms with Gasteiger partial charge in [-0.2, -0.15) is 4.98 Å². The van der Waals surface area contributed by atoms with E-state index in [0.29, 0.717) is 23.3 Å². The third kappa shape index (κ3) is 4.21. The molecule has 0 radical (unpaired) electrons. The van der Waals surface area contributed by atoms with Gasteiger partial charge in [0.25, 0.3) is 5.89 Å². The number of aryl methyl sites for hydroxylation is 1. The number of nitrogens with one attached hydrogen (secondary N) is 1. The summed E-state index contributed by atoms with van der Waals surface area (Å²) in [5.74, 6) is 0.917. The standard InChI is InChI=1S/C24H25ClN4O2/c1-4-14-29-15(3)20(21(26-24(29)30)17-10-12-19(25)13-11-17)23-27-22(28-31-23)18-8-6-16(5-2)7-9-18/h6-13,21H,4-5,14H2,1-3H3,(H,26,30). The number of hydrogen-bond acceptors (Lipinski definition) is 4. The molecule has 1 unspecified atom stereocenters. The van der Waals surface area contributed by atoms with Crippen LogP contribution in [0.4, 0.5) is 4.79 Å². The molecule has 7 heteroatoms. The minimum absolute atomic E-state index is 0.141. The first-order chi connectivity index (χ1) is 15.0. The van der Waals surface area contributed by atoms with Gasteiger partial charge >= 0.3 is 6.03 Å². The molecule has 0 saturated carbocycles. The Morgan fingerprint density at radius 1 is 1.10 bits per heavy atom. The average Bonchev–Trinajstić information content (AvgIpc) is 3.26.